The summed E-state index contributed by atoms with van der Waals surface area (Å²) in [6, 6.07) is 0.412. The molecule has 0 atom stereocenters. The second-order valence-corrected chi connectivity index (χ2v) is 3.51. The fourth-order valence-electron chi connectivity index (χ4n) is 0.863. The summed E-state index contributed by atoms with van der Waals surface area (Å²) in [7, 11) is 1.81. The maximum Gasteiger partial charge on any atom is 0.134 e. The van der Waals surface area contributed by atoms with E-state index in [2.05, 4.69) is 31.9 Å². The fourth-order valence-corrected chi connectivity index (χ4v) is 1.21. The summed E-state index contributed by atoms with van der Waals surface area (Å²) in [5, 5.41) is 16.6. The van der Waals surface area contributed by atoms with E-state index in [1.165, 1.54) is 0 Å². The molecule has 1 heterocycles. The average Bonchev–Trinajstić information content (AvgIpc) is 1.97. The summed E-state index contributed by atoms with van der Waals surface area (Å²) in [6.07, 6.45) is 1.74. The molecule has 0 aliphatic carbocycles. The molecule has 0 spiro atoms. The monoisotopic (exact) mass is 232 g/mol. The molecule has 0 aromatic rings. The van der Waals surface area contributed by atoms with Gasteiger partial charge in [-0.05, 0) is 15.9 Å². The Balaban J connectivity index is 2.31. The van der Waals surface area contributed by atoms with Gasteiger partial charge < -0.3 is 16.0 Å². The Morgan fingerprint density at radius 3 is 2.75 bits per heavy atom. The molecule has 1 saturated heterocycles. The third kappa shape index (κ3) is 2.49. The van der Waals surface area contributed by atoms with Crippen LogP contribution in [-0.2, 0) is 0 Å². The van der Waals surface area contributed by atoms with E-state index in [0.717, 1.165) is 17.6 Å². The lowest BCUT2D eigenvalue weighted by Crippen LogP contribution is -2.56. The van der Waals surface area contributed by atoms with Crippen LogP contribution in [0.4, 0.5) is 0 Å². The van der Waals surface area contributed by atoms with Crippen LogP contribution >= 0.6 is 15.9 Å². The summed E-state index contributed by atoms with van der Waals surface area (Å²) in [6.45, 7) is 1.89. The van der Waals surface area contributed by atoms with Gasteiger partial charge in [0.15, 0.2) is 0 Å². The van der Waals surface area contributed by atoms with Gasteiger partial charge >= 0.3 is 0 Å². The molecule has 0 radical (unpaired) electrons. The molecule has 1 aliphatic heterocycles. The molecular weight excluding hydrogens is 220 g/mol. The van der Waals surface area contributed by atoms with Gasteiger partial charge in [0.1, 0.15) is 5.84 Å². The van der Waals surface area contributed by atoms with E-state index in [0.29, 0.717) is 11.9 Å². The van der Waals surface area contributed by atoms with Crippen LogP contribution in [0.3, 0.4) is 0 Å². The molecule has 4 N–H and O–H groups in total. The molecule has 1 fully saturated rings. The molecular formula is C7H13BrN4. The van der Waals surface area contributed by atoms with Crippen molar-refractivity contribution < 1.29 is 0 Å². The van der Waals surface area contributed by atoms with Crippen molar-refractivity contribution in [2.45, 2.75) is 6.04 Å². The van der Waals surface area contributed by atoms with Gasteiger partial charge in [-0.3, -0.25) is 5.41 Å². The highest BCUT2D eigenvalue weighted by Gasteiger charge is 2.17. The maximum absolute atomic E-state index is 7.57. The topological polar surface area (TPSA) is 59.9 Å². The summed E-state index contributed by atoms with van der Waals surface area (Å²) in [5.74, 6) is 0.427. The van der Waals surface area contributed by atoms with E-state index in [1.54, 1.807) is 13.2 Å². The quantitative estimate of drug-likeness (QED) is 0.409. The molecule has 1 aliphatic rings. The minimum atomic E-state index is 0.412. The van der Waals surface area contributed by atoms with Crippen LogP contribution in [0.15, 0.2) is 10.7 Å². The molecule has 0 aromatic heterocycles. The van der Waals surface area contributed by atoms with Crippen LogP contribution in [-0.4, -0.2) is 32.0 Å². The number of amidine groups is 1. The third-order valence-electron chi connectivity index (χ3n) is 1.64. The van der Waals surface area contributed by atoms with Crippen molar-refractivity contribution in [3.05, 3.63) is 10.7 Å². The van der Waals surface area contributed by atoms with Gasteiger partial charge in [-0.15, -0.1) is 0 Å². The Morgan fingerprint density at radius 2 is 2.33 bits per heavy atom. The van der Waals surface area contributed by atoms with Gasteiger partial charge in [-0.1, -0.05) is 0 Å². The zero-order chi connectivity index (χ0) is 8.97. The van der Waals surface area contributed by atoms with E-state index in [4.69, 9.17) is 5.41 Å². The molecule has 0 aromatic carbocycles. The van der Waals surface area contributed by atoms with Crippen LogP contribution in [0.2, 0.25) is 0 Å². The zero-order valence-corrected chi connectivity index (χ0v) is 8.53. The largest absolute Gasteiger partial charge is 0.393 e. The maximum atomic E-state index is 7.57. The molecule has 5 heteroatoms. The van der Waals surface area contributed by atoms with Crippen molar-refractivity contribution in [1.29, 1.82) is 5.41 Å². The number of rotatable bonds is 3. The first-order chi connectivity index (χ1) is 5.74. The molecule has 0 unspecified atom stereocenters. The molecule has 0 amide bonds. The smallest absolute Gasteiger partial charge is 0.134 e. The Morgan fingerprint density at radius 1 is 1.67 bits per heavy atom. The van der Waals surface area contributed by atoms with E-state index >= 15 is 0 Å². The Labute approximate surface area is 80.4 Å². The fraction of sp³-hybridized carbons (Fsp3) is 0.571. The standard InChI is InChI=1S/C7H13BrN4/c1-10-4-6(8)7(9)12-5-2-11-3-5/h4-5,10-11H,2-3H2,1H3,(H2,9,12)/b6-4+. The van der Waals surface area contributed by atoms with Crippen molar-refractivity contribution in [3.63, 3.8) is 0 Å². The minimum Gasteiger partial charge on any atom is -0.393 e. The summed E-state index contributed by atoms with van der Waals surface area (Å²) >= 11 is 3.28. The highest BCUT2D eigenvalue weighted by molar-refractivity contribution is 9.12. The van der Waals surface area contributed by atoms with E-state index < -0.39 is 0 Å². The summed E-state index contributed by atoms with van der Waals surface area (Å²) in [4.78, 5) is 0. The van der Waals surface area contributed by atoms with Gasteiger partial charge in [0.25, 0.3) is 0 Å². The van der Waals surface area contributed by atoms with Crippen LogP contribution in [0, 0.1) is 5.41 Å². The average molecular weight is 233 g/mol. The normalized spacial score (nSPS) is 18.3. The van der Waals surface area contributed by atoms with E-state index in [1.807, 2.05) is 0 Å². The highest BCUT2D eigenvalue weighted by Crippen LogP contribution is 2.04. The SMILES string of the molecule is CN/C=C(/Br)C(=N)NC1CNC1. The van der Waals surface area contributed by atoms with Gasteiger partial charge in [-0.2, -0.15) is 0 Å². The van der Waals surface area contributed by atoms with Crippen LogP contribution in [0.25, 0.3) is 0 Å². The number of hydrogen-bond donors (Lipinski definition) is 4. The molecule has 0 saturated carbocycles. The van der Waals surface area contributed by atoms with Crippen LogP contribution in [0.1, 0.15) is 0 Å². The Bertz CT molecular complexity index is 198. The van der Waals surface area contributed by atoms with E-state index in [9.17, 15) is 0 Å². The first-order valence-corrected chi connectivity index (χ1v) is 4.62. The van der Waals surface area contributed by atoms with Crippen molar-refractivity contribution in [3.8, 4) is 0 Å². The second-order valence-electron chi connectivity index (χ2n) is 2.66. The predicted octanol–water partition coefficient (Wildman–Crippen LogP) is -0.0192. The first-order valence-electron chi connectivity index (χ1n) is 3.83. The van der Waals surface area contributed by atoms with Gasteiger partial charge in [0, 0.05) is 26.3 Å². The lowest BCUT2D eigenvalue weighted by Gasteiger charge is -2.28. The highest BCUT2D eigenvalue weighted by atomic mass is 79.9. The predicted molar refractivity (Wildman–Crippen MR) is 53.6 cm³/mol. The number of hydrogen-bond acceptors (Lipinski definition) is 3. The molecule has 0 bridgehead atoms. The lowest BCUT2D eigenvalue weighted by atomic mass is 10.2. The molecule has 1 rings (SSSR count). The summed E-state index contributed by atoms with van der Waals surface area (Å²) in [5.41, 5.74) is 0. The first kappa shape index (κ1) is 9.54. The van der Waals surface area contributed by atoms with Gasteiger partial charge in [0.05, 0.1) is 10.5 Å². The van der Waals surface area contributed by atoms with Crippen molar-refractivity contribution in [2.24, 2.45) is 0 Å². The zero-order valence-electron chi connectivity index (χ0n) is 6.95. The summed E-state index contributed by atoms with van der Waals surface area (Å²) < 4.78 is 0.747. The Hall–Kier alpha value is -0.550. The number of nitrogens with one attached hydrogen (secondary N) is 4. The van der Waals surface area contributed by atoms with E-state index in [-0.39, 0.29) is 0 Å². The van der Waals surface area contributed by atoms with Crippen molar-refractivity contribution in [2.75, 3.05) is 20.1 Å². The second kappa shape index (κ2) is 4.47. The molecule has 4 nitrogen and oxygen atoms in total. The molecule has 68 valence electrons. The minimum absolute atomic E-state index is 0.412. The van der Waals surface area contributed by atoms with Gasteiger partial charge in [0.2, 0.25) is 0 Å². The Kier molecular flexibility index (Phi) is 3.55. The van der Waals surface area contributed by atoms with Crippen LogP contribution < -0.4 is 16.0 Å². The molecule has 12 heavy (non-hydrogen) atoms. The number of halogens is 1. The third-order valence-corrected chi connectivity index (χ3v) is 2.27. The van der Waals surface area contributed by atoms with Gasteiger partial charge in [-0.25, -0.2) is 0 Å². The van der Waals surface area contributed by atoms with Crippen molar-refractivity contribution >= 4 is 21.8 Å². The van der Waals surface area contributed by atoms with Crippen molar-refractivity contribution in [1.82, 2.24) is 16.0 Å². The lowest BCUT2D eigenvalue weighted by molar-refractivity contribution is 0.412. The van der Waals surface area contributed by atoms with Crippen LogP contribution in [0.5, 0.6) is 0 Å².